The number of carbonyl (C=O) groups is 2. The van der Waals surface area contributed by atoms with Crippen LogP contribution in [0.25, 0.3) is 0 Å². The molecular weight excluding hydrogens is 374 g/mol. The van der Waals surface area contributed by atoms with E-state index in [9.17, 15) is 9.59 Å². The minimum absolute atomic E-state index is 0.107. The number of aryl methyl sites for hydroxylation is 2. The first-order valence-corrected chi connectivity index (χ1v) is 10.1. The third kappa shape index (κ3) is 4.83. The Hall–Kier alpha value is -2.11. The van der Waals surface area contributed by atoms with E-state index >= 15 is 0 Å². The molecule has 3 rings (SSSR count). The van der Waals surface area contributed by atoms with Crippen LogP contribution in [-0.4, -0.2) is 58.8 Å². The van der Waals surface area contributed by atoms with Crippen molar-refractivity contribution in [3.63, 3.8) is 0 Å². The molecule has 5 nitrogen and oxygen atoms in total. The van der Waals surface area contributed by atoms with Crippen LogP contribution in [0.3, 0.4) is 0 Å². The van der Waals surface area contributed by atoms with Gasteiger partial charge in [0.25, 0.3) is 0 Å². The van der Waals surface area contributed by atoms with Crippen LogP contribution in [0, 0.1) is 13.8 Å². The van der Waals surface area contributed by atoms with Gasteiger partial charge in [0, 0.05) is 61.6 Å². The summed E-state index contributed by atoms with van der Waals surface area (Å²) in [5, 5.41) is 0.745. The van der Waals surface area contributed by atoms with Crippen molar-refractivity contribution in [2.75, 3.05) is 32.7 Å². The molecular formula is C22H28ClN3O2. The van der Waals surface area contributed by atoms with Crippen LogP contribution in [0.1, 0.15) is 34.2 Å². The zero-order valence-corrected chi connectivity index (χ0v) is 17.6. The molecule has 0 unspecified atom stereocenters. The number of hydrogen-bond donors (Lipinski definition) is 0. The minimum atomic E-state index is 0.107. The summed E-state index contributed by atoms with van der Waals surface area (Å²) in [5.74, 6) is 0.261. The van der Waals surface area contributed by atoms with E-state index in [2.05, 4.69) is 16.4 Å². The third-order valence-corrected chi connectivity index (χ3v) is 5.85. The highest BCUT2D eigenvalue weighted by Crippen LogP contribution is 2.18. The minimum Gasteiger partial charge on any atom is -0.348 e. The van der Waals surface area contributed by atoms with Crippen LogP contribution >= 0.6 is 11.6 Å². The van der Waals surface area contributed by atoms with Crippen molar-refractivity contribution in [2.24, 2.45) is 0 Å². The van der Waals surface area contributed by atoms with Crippen molar-refractivity contribution < 1.29 is 9.59 Å². The van der Waals surface area contributed by atoms with Gasteiger partial charge in [0.05, 0.1) is 6.54 Å². The Morgan fingerprint density at radius 3 is 2.29 bits per heavy atom. The number of benzene rings is 1. The van der Waals surface area contributed by atoms with Gasteiger partial charge in [-0.1, -0.05) is 23.7 Å². The highest BCUT2D eigenvalue weighted by Gasteiger charge is 2.22. The van der Waals surface area contributed by atoms with Gasteiger partial charge in [-0.2, -0.15) is 0 Å². The number of piperazine rings is 1. The van der Waals surface area contributed by atoms with E-state index in [1.165, 1.54) is 5.56 Å². The standard InChI is InChI=1S/C22H28ClN3O2/c1-16-14-21(22(28)15-24-10-12-25(13-11-24)18(3)27)17(2)26(16)9-8-19-4-6-20(23)7-5-19/h4-7,14H,8-13,15H2,1-3H3. The number of ketones is 1. The molecule has 1 aliphatic rings. The number of Topliss-reactive ketones (excluding diaryl/α,β-unsaturated/α-hetero) is 1. The lowest BCUT2D eigenvalue weighted by molar-refractivity contribution is -0.130. The number of halogens is 1. The highest BCUT2D eigenvalue weighted by atomic mass is 35.5. The summed E-state index contributed by atoms with van der Waals surface area (Å²) in [7, 11) is 0. The number of nitrogens with zero attached hydrogens (tertiary/aromatic N) is 3. The van der Waals surface area contributed by atoms with E-state index in [0.717, 1.165) is 48.0 Å². The average Bonchev–Trinajstić information content (AvgIpc) is 2.96. The summed E-state index contributed by atoms with van der Waals surface area (Å²) in [4.78, 5) is 28.3. The van der Waals surface area contributed by atoms with Gasteiger partial charge in [-0.05, 0) is 44.0 Å². The Labute approximate surface area is 171 Å². The van der Waals surface area contributed by atoms with Gasteiger partial charge in [-0.15, -0.1) is 0 Å². The van der Waals surface area contributed by atoms with Crippen molar-refractivity contribution in [3.05, 3.63) is 57.9 Å². The van der Waals surface area contributed by atoms with Crippen LogP contribution in [-0.2, 0) is 17.8 Å². The van der Waals surface area contributed by atoms with E-state index < -0.39 is 0 Å². The monoisotopic (exact) mass is 401 g/mol. The summed E-state index contributed by atoms with van der Waals surface area (Å²) >= 11 is 5.95. The topological polar surface area (TPSA) is 45.6 Å². The van der Waals surface area contributed by atoms with Gasteiger partial charge in [0.15, 0.2) is 5.78 Å². The highest BCUT2D eigenvalue weighted by molar-refractivity contribution is 6.30. The summed E-state index contributed by atoms with van der Waals surface area (Å²) in [6.45, 7) is 9.82. The third-order valence-electron chi connectivity index (χ3n) is 5.60. The van der Waals surface area contributed by atoms with Gasteiger partial charge in [0.1, 0.15) is 0 Å². The lowest BCUT2D eigenvalue weighted by Crippen LogP contribution is -2.49. The second-order valence-corrected chi connectivity index (χ2v) is 7.95. The maximum atomic E-state index is 12.9. The zero-order valence-electron chi connectivity index (χ0n) is 16.9. The van der Waals surface area contributed by atoms with Crippen LogP contribution in [0.5, 0.6) is 0 Å². The molecule has 0 saturated carbocycles. The van der Waals surface area contributed by atoms with Gasteiger partial charge in [-0.3, -0.25) is 14.5 Å². The molecule has 0 bridgehead atoms. The van der Waals surface area contributed by atoms with Crippen LogP contribution in [0.2, 0.25) is 5.02 Å². The van der Waals surface area contributed by atoms with E-state index in [-0.39, 0.29) is 11.7 Å². The second-order valence-electron chi connectivity index (χ2n) is 7.52. The Balaban J connectivity index is 1.61. The normalized spacial score (nSPS) is 15.1. The molecule has 1 aliphatic heterocycles. The van der Waals surface area contributed by atoms with E-state index in [0.29, 0.717) is 19.6 Å². The average molecular weight is 402 g/mol. The molecule has 0 N–H and O–H groups in total. The Kier molecular flexibility index (Phi) is 6.57. The Morgan fingerprint density at radius 2 is 1.68 bits per heavy atom. The number of aromatic nitrogens is 1. The fraction of sp³-hybridized carbons (Fsp3) is 0.455. The maximum Gasteiger partial charge on any atom is 0.219 e. The molecule has 6 heteroatoms. The summed E-state index contributed by atoms with van der Waals surface area (Å²) < 4.78 is 2.22. The van der Waals surface area contributed by atoms with E-state index in [1.807, 2.05) is 42.2 Å². The van der Waals surface area contributed by atoms with Crippen molar-refractivity contribution in [1.29, 1.82) is 0 Å². The molecule has 1 aromatic carbocycles. The summed E-state index contributed by atoms with van der Waals surface area (Å²) in [5.41, 5.74) is 4.17. The van der Waals surface area contributed by atoms with Gasteiger partial charge < -0.3 is 9.47 Å². The quantitative estimate of drug-likeness (QED) is 0.697. The molecule has 0 spiro atoms. The van der Waals surface area contributed by atoms with Crippen LogP contribution < -0.4 is 0 Å². The predicted molar refractivity (Wildman–Crippen MR) is 112 cm³/mol. The molecule has 0 radical (unpaired) electrons. The molecule has 0 atom stereocenters. The van der Waals surface area contributed by atoms with Crippen molar-refractivity contribution in [1.82, 2.24) is 14.4 Å². The van der Waals surface area contributed by atoms with Gasteiger partial charge >= 0.3 is 0 Å². The summed E-state index contributed by atoms with van der Waals surface area (Å²) in [6, 6.07) is 9.91. The van der Waals surface area contributed by atoms with Crippen LogP contribution in [0.15, 0.2) is 30.3 Å². The Morgan fingerprint density at radius 1 is 1.04 bits per heavy atom. The van der Waals surface area contributed by atoms with Crippen LogP contribution in [0.4, 0.5) is 0 Å². The van der Waals surface area contributed by atoms with Crippen molar-refractivity contribution in [2.45, 2.75) is 33.7 Å². The SMILES string of the molecule is CC(=O)N1CCN(CC(=O)c2cc(C)n(CCc3ccc(Cl)cc3)c2C)CC1. The molecule has 1 amide bonds. The van der Waals surface area contributed by atoms with Crippen molar-refractivity contribution in [3.8, 4) is 0 Å². The molecule has 1 saturated heterocycles. The first-order valence-electron chi connectivity index (χ1n) is 9.77. The molecule has 2 heterocycles. The van der Waals surface area contributed by atoms with Gasteiger partial charge in [0.2, 0.25) is 5.91 Å². The molecule has 1 aromatic heterocycles. The zero-order chi connectivity index (χ0) is 20.3. The Bertz CT molecular complexity index is 849. The maximum absolute atomic E-state index is 12.9. The number of amides is 1. The molecule has 28 heavy (non-hydrogen) atoms. The fourth-order valence-electron chi connectivity index (χ4n) is 3.83. The molecule has 2 aromatic rings. The molecule has 150 valence electrons. The number of hydrogen-bond acceptors (Lipinski definition) is 3. The van der Waals surface area contributed by atoms with Crippen molar-refractivity contribution >= 4 is 23.3 Å². The summed E-state index contributed by atoms with van der Waals surface area (Å²) in [6.07, 6.45) is 0.897. The number of carbonyl (C=O) groups excluding carboxylic acids is 2. The first kappa shape index (κ1) is 20.6. The van der Waals surface area contributed by atoms with E-state index in [1.54, 1.807) is 6.92 Å². The number of rotatable bonds is 6. The smallest absolute Gasteiger partial charge is 0.219 e. The molecule has 0 aliphatic carbocycles. The first-order chi connectivity index (χ1) is 13.3. The second kappa shape index (κ2) is 8.93. The predicted octanol–water partition coefficient (Wildman–Crippen LogP) is 3.35. The largest absolute Gasteiger partial charge is 0.348 e. The molecule has 1 fully saturated rings. The lowest BCUT2D eigenvalue weighted by Gasteiger charge is -2.33. The lowest BCUT2D eigenvalue weighted by atomic mass is 10.1. The van der Waals surface area contributed by atoms with E-state index in [4.69, 9.17) is 11.6 Å². The van der Waals surface area contributed by atoms with Gasteiger partial charge in [-0.25, -0.2) is 0 Å². The fourth-order valence-corrected chi connectivity index (χ4v) is 3.95.